The van der Waals surface area contributed by atoms with Crippen molar-refractivity contribution in [1.82, 2.24) is 4.98 Å². The third kappa shape index (κ3) is 2.76. The Hall–Kier alpha value is -1.13. The minimum Gasteiger partial charge on any atom is -0.492 e. The van der Waals surface area contributed by atoms with Crippen molar-refractivity contribution < 1.29 is 9.84 Å². The van der Waals surface area contributed by atoms with Crippen LogP contribution in [0.15, 0.2) is 18.5 Å². The first kappa shape index (κ1) is 12.3. The van der Waals surface area contributed by atoms with E-state index < -0.39 is 5.60 Å². The quantitative estimate of drug-likeness (QED) is 0.836. The van der Waals surface area contributed by atoms with Crippen LogP contribution >= 0.6 is 0 Å². The van der Waals surface area contributed by atoms with Crippen LogP contribution < -0.4 is 10.5 Å². The van der Waals surface area contributed by atoms with E-state index in [0.29, 0.717) is 25.2 Å². The Morgan fingerprint density at radius 2 is 2.18 bits per heavy atom. The van der Waals surface area contributed by atoms with Crippen LogP contribution in [0.3, 0.4) is 0 Å². The van der Waals surface area contributed by atoms with Gasteiger partial charge in [-0.1, -0.05) is 0 Å². The maximum absolute atomic E-state index is 10.6. The summed E-state index contributed by atoms with van der Waals surface area (Å²) in [5, 5.41) is 10.6. The minimum atomic E-state index is -0.782. The maximum Gasteiger partial charge on any atom is 0.137 e. The molecule has 0 spiro atoms. The van der Waals surface area contributed by atoms with Crippen molar-refractivity contribution in [3.05, 3.63) is 24.0 Å². The van der Waals surface area contributed by atoms with E-state index >= 15 is 0 Å². The number of ether oxygens (including phenoxy) is 1. The fraction of sp³-hybridized carbons (Fsp3) is 0.615. The number of nitrogens with two attached hydrogens (primary N) is 1. The Morgan fingerprint density at radius 1 is 1.47 bits per heavy atom. The van der Waals surface area contributed by atoms with Gasteiger partial charge in [0.05, 0.1) is 18.4 Å². The topological polar surface area (TPSA) is 68.4 Å². The van der Waals surface area contributed by atoms with Crippen LogP contribution in [-0.4, -0.2) is 22.7 Å². The molecule has 1 aliphatic rings. The van der Waals surface area contributed by atoms with Crippen LogP contribution in [0.5, 0.6) is 5.75 Å². The minimum absolute atomic E-state index is 0.221. The smallest absolute Gasteiger partial charge is 0.137 e. The van der Waals surface area contributed by atoms with E-state index in [9.17, 15) is 5.11 Å². The second-order valence-corrected chi connectivity index (χ2v) is 4.71. The van der Waals surface area contributed by atoms with Gasteiger partial charge in [-0.25, -0.2) is 0 Å². The largest absolute Gasteiger partial charge is 0.492 e. The summed E-state index contributed by atoms with van der Waals surface area (Å²) in [4.78, 5) is 4.13. The summed E-state index contributed by atoms with van der Waals surface area (Å²) in [6.45, 7) is 2.54. The van der Waals surface area contributed by atoms with Crippen molar-refractivity contribution >= 4 is 0 Å². The van der Waals surface area contributed by atoms with Crippen molar-refractivity contribution in [3.8, 4) is 5.75 Å². The normalized spacial score (nSPS) is 29.0. The van der Waals surface area contributed by atoms with E-state index in [1.54, 1.807) is 12.4 Å². The van der Waals surface area contributed by atoms with Crippen LogP contribution in [0.25, 0.3) is 0 Å². The molecular weight excluding hydrogens is 216 g/mol. The number of nitrogens with zero attached hydrogens (tertiary/aromatic N) is 1. The van der Waals surface area contributed by atoms with E-state index in [1.807, 2.05) is 13.0 Å². The standard InChI is InChI=1S/C13H20N2O2/c1-2-17-12-7-10(8-15-9-12)13(16)5-3-11(14)4-6-13/h7-9,11,16H,2-6,14H2,1H3. The van der Waals surface area contributed by atoms with Crippen molar-refractivity contribution in [2.24, 2.45) is 5.73 Å². The van der Waals surface area contributed by atoms with Gasteiger partial charge >= 0.3 is 0 Å². The molecule has 0 bridgehead atoms. The average Bonchev–Trinajstić information content (AvgIpc) is 2.34. The predicted octanol–water partition coefficient (Wildman–Crippen LogP) is 1.57. The second kappa shape index (κ2) is 5.02. The van der Waals surface area contributed by atoms with E-state index in [1.165, 1.54) is 0 Å². The molecule has 0 saturated heterocycles. The molecule has 1 fully saturated rings. The number of aliphatic hydroxyl groups is 1. The van der Waals surface area contributed by atoms with E-state index in [2.05, 4.69) is 4.98 Å². The second-order valence-electron chi connectivity index (χ2n) is 4.71. The van der Waals surface area contributed by atoms with Gasteiger partial charge in [-0.2, -0.15) is 0 Å². The SMILES string of the molecule is CCOc1cncc(C2(O)CCC(N)CC2)c1. The molecule has 0 amide bonds. The maximum atomic E-state index is 10.6. The highest BCUT2D eigenvalue weighted by atomic mass is 16.5. The molecule has 94 valence electrons. The molecule has 1 aromatic heterocycles. The molecule has 0 atom stereocenters. The molecule has 1 aromatic rings. The van der Waals surface area contributed by atoms with Crippen LogP contribution in [0, 0.1) is 0 Å². The van der Waals surface area contributed by atoms with Crippen molar-refractivity contribution in [2.75, 3.05) is 6.61 Å². The first-order valence-electron chi connectivity index (χ1n) is 6.20. The average molecular weight is 236 g/mol. The van der Waals surface area contributed by atoms with Gasteiger partial charge in [0.15, 0.2) is 0 Å². The van der Waals surface area contributed by atoms with Crippen LogP contribution in [0.1, 0.15) is 38.2 Å². The third-order valence-corrected chi connectivity index (χ3v) is 3.42. The van der Waals surface area contributed by atoms with E-state index in [0.717, 1.165) is 18.4 Å². The van der Waals surface area contributed by atoms with Crippen LogP contribution in [0.2, 0.25) is 0 Å². The summed E-state index contributed by atoms with van der Waals surface area (Å²) in [7, 11) is 0. The first-order valence-corrected chi connectivity index (χ1v) is 6.20. The van der Waals surface area contributed by atoms with E-state index in [4.69, 9.17) is 10.5 Å². The fourth-order valence-corrected chi connectivity index (χ4v) is 2.33. The number of pyridine rings is 1. The fourth-order valence-electron chi connectivity index (χ4n) is 2.33. The van der Waals surface area contributed by atoms with Crippen LogP contribution in [0.4, 0.5) is 0 Å². The van der Waals surface area contributed by atoms with Gasteiger partial charge in [-0.15, -0.1) is 0 Å². The Morgan fingerprint density at radius 3 is 2.82 bits per heavy atom. The van der Waals surface area contributed by atoms with Crippen LogP contribution in [-0.2, 0) is 5.60 Å². The molecule has 0 radical (unpaired) electrons. The highest BCUT2D eigenvalue weighted by Gasteiger charge is 2.34. The van der Waals surface area contributed by atoms with Crippen molar-refractivity contribution in [3.63, 3.8) is 0 Å². The van der Waals surface area contributed by atoms with Gasteiger partial charge in [-0.3, -0.25) is 4.98 Å². The zero-order valence-electron chi connectivity index (χ0n) is 10.2. The van der Waals surface area contributed by atoms with Gasteiger partial charge < -0.3 is 15.6 Å². The Kier molecular flexibility index (Phi) is 3.64. The molecule has 0 aromatic carbocycles. The summed E-state index contributed by atoms with van der Waals surface area (Å²) in [6, 6.07) is 2.10. The van der Waals surface area contributed by atoms with Gasteiger partial charge in [0.1, 0.15) is 5.75 Å². The Balaban J connectivity index is 2.17. The molecule has 1 aliphatic carbocycles. The third-order valence-electron chi connectivity index (χ3n) is 3.42. The summed E-state index contributed by atoms with van der Waals surface area (Å²) in [5.41, 5.74) is 5.92. The van der Waals surface area contributed by atoms with Gasteiger partial charge in [0, 0.05) is 17.8 Å². The number of rotatable bonds is 3. The van der Waals surface area contributed by atoms with Gasteiger partial charge in [0.25, 0.3) is 0 Å². The zero-order chi connectivity index (χ0) is 12.3. The first-order chi connectivity index (χ1) is 8.14. The molecule has 0 aliphatic heterocycles. The molecule has 3 N–H and O–H groups in total. The number of hydrogen-bond acceptors (Lipinski definition) is 4. The monoisotopic (exact) mass is 236 g/mol. The van der Waals surface area contributed by atoms with Crippen molar-refractivity contribution in [1.29, 1.82) is 0 Å². The lowest BCUT2D eigenvalue weighted by atomic mass is 9.78. The number of hydrogen-bond donors (Lipinski definition) is 2. The molecular formula is C13H20N2O2. The summed E-state index contributed by atoms with van der Waals surface area (Å²) < 4.78 is 5.41. The lowest BCUT2D eigenvalue weighted by molar-refractivity contribution is -0.00545. The van der Waals surface area contributed by atoms with Gasteiger partial charge in [-0.05, 0) is 38.7 Å². The highest BCUT2D eigenvalue weighted by molar-refractivity contribution is 5.28. The highest BCUT2D eigenvalue weighted by Crippen LogP contribution is 2.37. The lowest BCUT2D eigenvalue weighted by Crippen LogP contribution is -2.36. The van der Waals surface area contributed by atoms with Gasteiger partial charge in [0.2, 0.25) is 0 Å². The Labute approximate surface area is 102 Å². The molecule has 17 heavy (non-hydrogen) atoms. The molecule has 1 saturated carbocycles. The Bertz CT molecular complexity index is 373. The summed E-state index contributed by atoms with van der Waals surface area (Å²) >= 11 is 0. The van der Waals surface area contributed by atoms with E-state index in [-0.39, 0.29) is 6.04 Å². The predicted molar refractivity (Wildman–Crippen MR) is 65.7 cm³/mol. The summed E-state index contributed by atoms with van der Waals surface area (Å²) in [5.74, 6) is 0.716. The molecule has 4 heteroatoms. The molecule has 4 nitrogen and oxygen atoms in total. The van der Waals surface area contributed by atoms with Crippen molar-refractivity contribution in [2.45, 2.75) is 44.2 Å². The molecule has 2 rings (SSSR count). The lowest BCUT2D eigenvalue weighted by Gasteiger charge is -2.35. The molecule has 1 heterocycles. The molecule has 0 unspecified atom stereocenters. The number of aromatic nitrogens is 1. The zero-order valence-corrected chi connectivity index (χ0v) is 10.2. The summed E-state index contributed by atoms with van der Waals surface area (Å²) in [6.07, 6.45) is 6.51.